The van der Waals surface area contributed by atoms with Crippen molar-refractivity contribution in [3.8, 4) is 6.07 Å². The summed E-state index contributed by atoms with van der Waals surface area (Å²) >= 11 is 0. The van der Waals surface area contributed by atoms with Crippen molar-refractivity contribution in [2.45, 2.75) is 46.6 Å². The molecule has 0 spiro atoms. The second-order valence-corrected chi connectivity index (χ2v) is 9.67. The zero-order valence-electron chi connectivity index (χ0n) is 20.2. The largest absolute Gasteiger partial charge is 0.444 e. The van der Waals surface area contributed by atoms with Crippen LogP contribution in [0, 0.1) is 23.7 Å². The standard InChI is InChI=1S/C22H31N7O4/c1-14-10-16(28-9-8-22(5,13-28)12-24-20(31)33-21(2,3)4)29-18(15(14)11-23)25-17(26-29)19(30)27(6)32-7/h10H,8-9,12-13H2,1-7H3,(H,24,31)/t22-/m0/s1. The number of hydroxylamine groups is 2. The van der Waals surface area contributed by atoms with E-state index in [1.807, 2.05) is 33.8 Å². The SMILES string of the molecule is CON(C)C(=O)c1nc2c(C#N)c(C)cc(N3CC[C@@](C)(CNC(=O)OC(C)(C)C)C3)n2n1. The molecule has 1 N–H and O–H groups in total. The van der Waals surface area contributed by atoms with Gasteiger partial charge in [-0.2, -0.15) is 9.78 Å². The van der Waals surface area contributed by atoms with Crippen molar-refractivity contribution in [3.05, 3.63) is 23.0 Å². The molecule has 33 heavy (non-hydrogen) atoms. The fraction of sp³-hybridized carbons (Fsp3) is 0.591. The summed E-state index contributed by atoms with van der Waals surface area (Å²) in [4.78, 5) is 36.0. The zero-order valence-corrected chi connectivity index (χ0v) is 20.2. The fourth-order valence-electron chi connectivity index (χ4n) is 3.78. The monoisotopic (exact) mass is 457 g/mol. The summed E-state index contributed by atoms with van der Waals surface area (Å²) in [7, 11) is 2.84. The van der Waals surface area contributed by atoms with Gasteiger partial charge in [-0.15, -0.1) is 5.10 Å². The lowest BCUT2D eigenvalue weighted by molar-refractivity contribution is -0.0764. The number of nitriles is 1. The van der Waals surface area contributed by atoms with Crippen LogP contribution in [0.15, 0.2) is 6.07 Å². The molecular formula is C22H31N7O4. The predicted octanol–water partition coefficient (Wildman–Crippen LogP) is 2.28. The molecule has 0 aromatic carbocycles. The number of pyridine rings is 1. The molecular weight excluding hydrogens is 426 g/mol. The van der Waals surface area contributed by atoms with Crippen LogP contribution >= 0.6 is 0 Å². The number of carbonyl (C=O) groups excluding carboxylic acids is 2. The van der Waals surface area contributed by atoms with E-state index in [1.54, 1.807) is 0 Å². The maximum atomic E-state index is 12.5. The molecule has 0 bridgehead atoms. The van der Waals surface area contributed by atoms with Gasteiger partial charge in [0.25, 0.3) is 0 Å². The van der Waals surface area contributed by atoms with E-state index < -0.39 is 17.6 Å². The number of hydrogen-bond donors (Lipinski definition) is 1. The number of hydrogen-bond acceptors (Lipinski definition) is 8. The van der Waals surface area contributed by atoms with Crippen molar-refractivity contribution in [2.75, 3.05) is 38.7 Å². The molecule has 1 atom stereocenters. The van der Waals surface area contributed by atoms with Gasteiger partial charge in [0, 0.05) is 32.1 Å². The molecule has 3 heterocycles. The number of aryl methyl sites for hydroxylation is 1. The first kappa shape index (κ1) is 24.3. The van der Waals surface area contributed by atoms with E-state index >= 15 is 0 Å². The van der Waals surface area contributed by atoms with Crippen LogP contribution in [0.5, 0.6) is 0 Å². The van der Waals surface area contributed by atoms with Gasteiger partial charge in [0.15, 0.2) is 5.65 Å². The maximum absolute atomic E-state index is 12.5. The molecule has 1 saturated heterocycles. The third kappa shape index (κ3) is 5.17. The van der Waals surface area contributed by atoms with Gasteiger partial charge in [-0.1, -0.05) is 6.92 Å². The first-order chi connectivity index (χ1) is 15.4. The van der Waals surface area contributed by atoms with E-state index in [0.717, 1.165) is 22.9 Å². The molecule has 0 saturated carbocycles. The van der Waals surface area contributed by atoms with Gasteiger partial charge in [0.05, 0.1) is 12.7 Å². The van der Waals surface area contributed by atoms with E-state index in [4.69, 9.17) is 9.57 Å². The highest BCUT2D eigenvalue weighted by molar-refractivity contribution is 5.90. The highest BCUT2D eigenvalue weighted by atomic mass is 16.7. The molecule has 11 nitrogen and oxygen atoms in total. The minimum absolute atomic E-state index is 0.0590. The van der Waals surface area contributed by atoms with Gasteiger partial charge in [0.2, 0.25) is 5.82 Å². The Bertz CT molecular complexity index is 1110. The molecule has 2 amide bonds. The quantitative estimate of drug-likeness (QED) is 0.678. The average Bonchev–Trinajstić information content (AvgIpc) is 3.34. The number of fused-ring (bicyclic) bond motifs is 1. The molecule has 2 aromatic heterocycles. The molecule has 0 radical (unpaired) electrons. The van der Waals surface area contributed by atoms with Crippen molar-refractivity contribution < 1.29 is 19.2 Å². The maximum Gasteiger partial charge on any atom is 0.407 e. The van der Waals surface area contributed by atoms with Crippen LogP contribution in [0.3, 0.4) is 0 Å². The van der Waals surface area contributed by atoms with Gasteiger partial charge in [0.1, 0.15) is 17.5 Å². The molecule has 1 aliphatic rings. The van der Waals surface area contributed by atoms with Crippen molar-refractivity contribution in [1.82, 2.24) is 25.0 Å². The molecule has 2 aromatic rings. The summed E-state index contributed by atoms with van der Waals surface area (Å²) in [5, 5.41) is 17.9. The third-order valence-electron chi connectivity index (χ3n) is 5.59. The van der Waals surface area contributed by atoms with Crippen LogP contribution in [0.4, 0.5) is 10.6 Å². The summed E-state index contributed by atoms with van der Waals surface area (Å²) in [6, 6.07) is 4.04. The average molecular weight is 458 g/mol. The number of aromatic nitrogens is 3. The molecule has 0 unspecified atom stereocenters. The lowest BCUT2D eigenvalue weighted by atomic mass is 9.90. The Hall–Kier alpha value is -3.39. The summed E-state index contributed by atoms with van der Waals surface area (Å²) < 4.78 is 6.88. The first-order valence-corrected chi connectivity index (χ1v) is 10.7. The van der Waals surface area contributed by atoms with E-state index in [2.05, 4.69) is 33.3 Å². The summed E-state index contributed by atoms with van der Waals surface area (Å²) in [5.74, 6) is 0.159. The van der Waals surface area contributed by atoms with Crippen molar-refractivity contribution in [2.24, 2.45) is 5.41 Å². The zero-order chi connectivity index (χ0) is 24.6. The summed E-state index contributed by atoms with van der Waals surface area (Å²) in [6.07, 6.45) is 0.386. The molecule has 3 rings (SSSR count). The smallest absolute Gasteiger partial charge is 0.407 e. The Kier molecular flexibility index (Phi) is 6.51. The van der Waals surface area contributed by atoms with Crippen LogP contribution in [-0.2, 0) is 9.57 Å². The normalized spacial score (nSPS) is 18.3. The number of amides is 2. The molecule has 1 aliphatic heterocycles. The lowest BCUT2D eigenvalue weighted by Crippen LogP contribution is -2.40. The number of nitrogens with zero attached hydrogens (tertiary/aromatic N) is 6. The van der Waals surface area contributed by atoms with Crippen LogP contribution in [-0.4, -0.2) is 71.1 Å². The van der Waals surface area contributed by atoms with Crippen LogP contribution in [0.1, 0.15) is 55.9 Å². The highest BCUT2D eigenvalue weighted by Crippen LogP contribution is 2.34. The summed E-state index contributed by atoms with van der Waals surface area (Å²) in [5.41, 5.74) is 0.671. The highest BCUT2D eigenvalue weighted by Gasteiger charge is 2.36. The van der Waals surface area contributed by atoms with Gasteiger partial charge < -0.3 is 15.0 Å². The van der Waals surface area contributed by atoms with E-state index in [9.17, 15) is 14.9 Å². The Morgan fingerprint density at radius 2 is 2.09 bits per heavy atom. The number of ether oxygens (including phenoxy) is 1. The van der Waals surface area contributed by atoms with Gasteiger partial charge in [-0.05, 0) is 45.7 Å². The topological polar surface area (TPSA) is 125 Å². The number of alkyl carbamates (subject to hydrolysis) is 1. The number of anilines is 1. The van der Waals surface area contributed by atoms with Gasteiger partial charge in [-0.3, -0.25) is 9.63 Å². The number of carbonyl (C=O) groups is 2. The van der Waals surface area contributed by atoms with E-state index in [1.165, 1.54) is 18.7 Å². The Morgan fingerprint density at radius 3 is 2.70 bits per heavy atom. The first-order valence-electron chi connectivity index (χ1n) is 10.7. The van der Waals surface area contributed by atoms with Crippen molar-refractivity contribution >= 4 is 23.5 Å². The van der Waals surface area contributed by atoms with Crippen LogP contribution in [0.2, 0.25) is 0 Å². The van der Waals surface area contributed by atoms with Crippen LogP contribution < -0.4 is 10.2 Å². The van der Waals surface area contributed by atoms with Gasteiger partial charge in [-0.25, -0.2) is 14.8 Å². The minimum atomic E-state index is -0.558. The van der Waals surface area contributed by atoms with E-state index in [0.29, 0.717) is 30.8 Å². The summed E-state index contributed by atoms with van der Waals surface area (Å²) in [6.45, 7) is 11.2. The Labute approximate surface area is 193 Å². The lowest BCUT2D eigenvalue weighted by Gasteiger charge is -2.27. The number of rotatable bonds is 5. The predicted molar refractivity (Wildman–Crippen MR) is 121 cm³/mol. The fourth-order valence-corrected chi connectivity index (χ4v) is 3.78. The Morgan fingerprint density at radius 1 is 1.39 bits per heavy atom. The Balaban J connectivity index is 1.88. The van der Waals surface area contributed by atoms with E-state index in [-0.39, 0.29) is 11.2 Å². The third-order valence-corrected chi connectivity index (χ3v) is 5.59. The molecule has 0 aliphatic carbocycles. The second-order valence-electron chi connectivity index (χ2n) is 9.67. The van der Waals surface area contributed by atoms with Crippen molar-refractivity contribution in [1.29, 1.82) is 5.26 Å². The molecule has 1 fully saturated rings. The minimum Gasteiger partial charge on any atom is -0.444 e. The molecule has 178 valence electrons. The number of nitrogens with one attached hydrogen (secondary N) is 1. The van der Waals surface area contributed by atoms with Gasteiger partial charge >= 0.3 is 12.0 Å². The molecule has 11 heteroatoms. The second kappa shape index (κ2) is 8.86. The van der Waals surface area contributed by atoms with Crippen molar-refractivity contribution in [3.63, 3.8) is 0 Å². The van der Waals surface area contributed by atoms with Crippen LogP contribution in [0.25, 0.3) is 5.65 Å².